The van der Waals surface area contributed by atoms with E-state index in [-0.39, 0.29) is 5.82 Å². The summed E-state index contributed by atoms with van der Waals surface area (Å²) in [6.07, 6.45) is 3.58. The van der Waals surface area contributed by atoms with Crippen LogP contribution in [-0.4, -0.2) is 25.0 Å². The highest BCUT2D eigenvalue weighted by Gasteiger charge is 2.16. The van der Waals surface area contributed by atoms with E-state index in [1.54, 1.807) is 12.3 Å². The first-order valence-corrected chi connectivity index (χ1v) is 7.29. The Labute approximate surface area is 129 Å². The molecule has 112 valence electrons. The summed E-state index contributed by atoms with van der Waals surface area (Å²) in [7, 11) is 0. The predicted molar refractivity (Wildman–Crippen MR) is 87.3 cm³/mol. The van der Waals surface area contributed by atoms with Crippen LogP contribution in [0.2, 0.25) is 0 Å². The summed E-state index contributed by atoms with van der Waals surface area (Å²) in [5, 5.41) is 16.1. The van der Waals surface area contributed by atoms with Gasteiger partial charge in [-0.2, -0.15) is 10.2 Å². The molecule has 0 spiro atoms. The van der Waals surface area contributed by atoms with E-state index in [0.717, 1.165) is 44.1 Å². The predicted octanol–water partition coefficient (Wildman–Crippen LogP) is 3.83. The van der Waals surface area contributed by atoms with E-state index in [2.05, 4.69) is 44.0 Å². The van der Waals surface area contributed by atoms with E-state index < -0.39 is 0 Å². The van der Waals surface area contributed by atoms with Crippen LogP contribution in [0, 0.1) is 12.7 Å². The fourth-order valence-electron chi connectivity index (χ4n) is 3.28. The quantitative estimate of drug-likeness (QED) is 0.494. The van der Waals surface area contributed by atoms with Crippen molar-refractivity contribution in [2.24, 2.45) is 0 Å². The lowest BCUT2D eigenvalue weighted by Gasteiger charge is -2.10. The second-order valence-corrected chi connectivity index (χ2v) is 5.72. The van der Waals surface area contributed by atoms with Crippen molar-refractivity contribution >= 4 is 32.8 Å². The van der Waals surface area contributed by atoms with Gasteiger partial charge in [-0.15, -0.1) is 0 Å². The molecule has 0 saturated carbocycles. The number of nitrogens with one attached hydrogen (secondary N) is 2. The third-order valence-corrected chi connectivity index (χ3v) is 4.33. The number of rotatable bonds is 1. The Balaban J connectivity index is 1.96. The Morgan fingerprint density at radius 3 is 2.78 bits per heavy atom. The van der Waals surface area contributed by atoms with E-state index >= 15 is 0 Å². The number of aromatic amines is 2. The van der Waals surface area contributed by atoms with Gasteiger partial charge in [-0.1, -0.05) is 0 Å². The molecule has 2 N–H and O–H groups in total. The number of hydrogen-bond acceptors (Lipinski definition) is 2. The molecular weight excluding hydrogens is 293 g/mol. The van der Waals surface area contributed by atoms with Crippen molar-refractivity contribution < 1.29 is 4.39 Å². The Bertz CT molecular complexity index is 1190. The van der Waals surface area contributed by atoms with E-state index in [9.17, 15) is 4.39 Å². The van der Waals surface area contributed by atoms with E-state index in [0.29, 0.717) is 0 Å². The van der Waals surface area contributed by atoms with Crippen molar-refractivity contribution in [2.75, 3.05) is 0 Å². The van der Waals surface area contributed by atoms with Gasteiger partial charge < -0.3 is 4.57 Å². The molecule has 0 aliphatic carbocycles. The van der Waals surface area contributed by atoms with Crippen LogP contribution < -0.4 is 0 Å². The van der Waals surface area contributed by atoms with Crippen molar-refractivity contribution in [3.8, 4) is 5.69 Å². The summed E-state index contributed by atoms with van der Waals surface area (Å²) in [5.74, 6) is -0.258. The third-order valence-electron chi connectivity index (χ3n) is 4.33. The zero-order valence-corrected chi connectivity index (χ0v) is 12.3. The molecule has 0 aliphatic heterocycles. The van der Waals surface area contributed by atoms with E-state index in [1.165, 1.54) is 12.1 Å². The minimum absolute atomic E-state index is 0.258. The molecule has 3 heterocycles. The number of H-pyrrole nitrogens is 2. The summed E-state index contributed by atoms with van der Waals surface area (Å²) < 4.78 is 15.8. The smallest absolute Gasteiger partial charge is 0.124 e. The Hall–Kier alpha value is -3.15. The second kappa shape index (κ2) is 4.19. The summed E-state index contributed by atoms with van der Waals surface area (Å²) in [4.78, 5) is 0. The monoisotopic (exact) mass is 305 g/mol. The number of hydrogen-bond donors (Lipinski definition) is 2. The molecule has 0 aliphatic rings. The first kappa shape index (κ1) is 12.4. The number of aromatic nitrogens is 5. The van der Waals surface area contributed by atoms with Gasteiger partial charge in [0.05, 0.1) is 40.1 Å². The fourth-order valence-corrected chi connectivity index (χ4v) is 3.28. The maximum absolute atomic E-state index is 13.7. The zero-order chi connectivity index (χ0) is 15.6. The van der Waals surface area contributed by atoms with Crippen molar-refractivity contribution in [1.29, 1.82) is 0 Å². The van der Waals surface area contributed by atoms with Crippen LogP contribution in [0.3, 0.4) is 0 Å². The molecule has 6 heteroatoms. The molecule has 0 atom stereocenters. The molecule has 3 aromatic heterocycles. The Kier molecular flexibility index (Phi) is 2.26. The Morgan fingerprint density at radius 2 is 1.87 bits per heavy atom. The number of nitrogens with zero attached hydrogens (tertiary/aromatic N) is 3. The number of fused-ring (bicyclic) bond motifs is 4. The van der Waals surface area contributed by atoms with E-state index in [1.807, 2.05) is 6.20 Å². The van der Waals surface area contributed by atoms with Gasteiger partial charge in [-0.3, -0.25) is 10.2 Å². The molecule has 0 amide bonds. The van der Waals surface area contributed by atoms with Gasteiger partial charge >= 0.3 is 0 Å². The lowest BCUT2D eigenvalue weighted by atomic mass is 10.1. The third kappa shape index (κ3) is 1.60. The highest BCUT2D eigenvalue weighted by atomic mass is 19.1. The maximum Gasteiger partial charge on any atom is 0.124 e. The van der Waals surface area contributed by atoms with Crippen LogP contribution in [0.25, 0.3) is 38.5 Å². The highest BCUT2D eigenvalue weighted by Crippen LogP contribution is 2.33. The average Bonchev–Trinajstić information content (AvgIpc) is 3.22. The van der Waals surface area contributed by atoms with Gasteiger partial charge in [0.25, 0.3) is 0 Å². The van der Waals surface area contributed by atoms with Crippen LogP contribution in [0.5, 0.6) is 0 Å². The minimum Gasteiger partial charge on any atom is -0.306 e. The fraction of sp³-hybridized carbons (Fsp3) is 0.0588. The Morgan fingerprint density at radius 1 is 1.00 bits per heavy atom. The molecule has 0 fully saturated rings. The molecule has 0 unspecified atom stereocenters. The van der Waals surface area contributed by atoms with E-state index in [4.69, 9.17) is 0 Å². The average molecular weight is 305 g/mol. The molecule has 2 aromatic carbocycles. The van der Waals surface area contributed by atoms with Crippen LogP contribution in [0.15, 0.2) is 42.7 Å². The number of benzene rings is 2. The second-order valence-electron chi connectivity index (χ2n) is 5.72. The van der Waals surface area contributed by atoms with Crippen LogP contribution >= 0.6 is 0 Å². The normalized spacial score (nSPS) is 11.9. The molecule has 5 rings (SSSR count). The SMILES string of the molecule is Cc1cc2cn[nH]c2cc1-n1c2ccc(F)cc2c2[nH]ncc21. The molecule has 0 bridgehead atoms. The van der Waals surface area contributed by atoms with Crippen molar-refractivity contribution in [3.63, 3.8) is 0 Å². The number of aryl methyl sites for hydroxylation is 1. The van der Waals surface area contributed by atoms with Crippen molar-refractivity contribution in [1.82, 2.24) is 25.0 Å². The lowest BCUT2D eigenvalue weighted by molar-refractivity contribution is 0.629. The van der Waals surface area contributed by atoms with Crippen LogP contribution in [-0.2, 0) is 0 Å². The summed E-state index contributed by atoms with van der Waals surface area (Å²) in [6, 6.07) is 8.98. The largest absolute Gasteiger partial charge is 0.306 e. The van der Waals surface area contributed by atoms with Crippen LogP contribution in [0.4, 0.5) is 4.39 Å². The van der Waals surface area contributed by atoms with Gasteiger partial charge in [0.1, 0.15) is 5.82 Å². The summed E-state index contributed by atoms with van der Waals surface area (Å²) >= 11 is 0. The number of halogens is 1. The van der Waals surface area contributed by atoms with Crippen molar-refractivity contribution in [3.05, 3.63) is 54.1 Å². The molecular formula is C17H12FN5. The molecule has 0 saturated heterocycles. The van der Waals surface area contributed by atoms with Gasteiger partial charge in [0.2, 0.25) is 0 Å². The standard InChI is InChI=1S/C17H12FN5/c1-9-4-10-7-19-21-13(10)6-15(9)23-14-3-2-11(18)5-12(14)17-16(23)8-20-22-17/h2-8H,1H3,(H,19,21)(H,20,22). The maximum atomic E-state index is 13.7. The first-order chi connectivity index (χ1) is 11.2. The summed E-state index contributed by atoms with van der Waals surface area (Å²) in [6.45, 7) is 2.06. The molecule has 23 heavy (non-hydrogen) atoms. The molecule has 0 radical (unpaired) electrons. The van der Waals surface area contributed by atoms with Gasteiger partial charge in [-0.25, -0.2) is 4.39 Å². The topological polar surface area (TPSA) is 62.3 Å². The van der Waals surface area contributed by atoms with Gasteiger partial charge in [-0.05, 0) is 42.8 Å². The first-order valence-electron chi connectivity index (χ1n) is 7.29. The molecule has 5 aromatic rings. The zero-order valence-electron chi connectivity index (χ0n) is 12.3. The minimum atomic E-state index is -0.258. The summed E-state index contributed by atoms with van der Waals surface area (Å²) in [5.41, 5.74) is 5.80. The van der Waals surface area contributed by atoms with Crippen molar-refractivity contribution in [2.45, 2.75) is 6.92 Å². The van der Waals surface area contributed by atoms with Gasteiger partial charge in [0, 0.05) is 10.8 Å². The lowest BCUT2D eigenvalue weighted by Crippen LogP contribution is -1.96. The van der Waals surface area contributed by atoms with Crippen LogP contribution in [0.1, 0.15) is 5.56 Å². The highest BCUT2D eigenvalue weighted by molar-refractivity contribution is 6.07. The van der Waals surface area contributed by atoms with Gasteiger partial charge in [0.15, 0.2) is 0 Å². The molecule has 5 nitrogen and oxygen atoms in total.